The Bertz CT molecular complexity index is 1010. The molecule has 1 aliphatic heterocycles. The Morgan fingerprint density at radius 1 is 1.21 bits per heavy atom. The zero-order valence-electron chi connectivity index (χ0n) is 17.1. The van der Waals surface area contributed by atoms with Gasteiger partial charge in [0, 0.05) is 49.6 Å². The summed E-state index contributed by atoms with van der Waals surface area (Å²) in [5, 5.41) is 3.26. The summed E-state index contributed by atoms with van der Waals surface area (Å²) in [6.07, 6.45) is 1.83. The lowest BCUT2D eigenvalue weighted by molar-refractivity contribution is 0.146. The lowest BCUT2D eigenvalue weighted by atomic mass is 10.1. The van der Waals surface area contributed by atoms with Crippen LogP contribution in [0.4, 0.5) is 0 Å². The minimum absolute atomic E-state index is 0.0410. The smallest absolute Gasteiger partial charge is 0.272 e. The lowest BCUT2D eigenvalue weighted by Gasteiger charge is -2.16. The SMILES string of the molecule is CCc1cc(=O)n2[nH]c([C@@H]3CCN(Cc4ccc(OCCOC)cc4)C3)cc2n1. The second-order valence-electron chi connectivity index (χ2n) is 7.55. The van der Waals surface area contributed by atoms with Crippen LogP contribution >= 0.6 is 0 Å². The number of fused-ring (bicyclic) bond motifs is 1. The second-order valence-corrected chi connectivity index (χ2v) is 7.55. The molecule has 1 N–H and O–H groups in total. The minimum Gasteiger partial charge on any atom is -0.491 e. The highest BCUT2D eigenvalue weighted by molar-refractivity contribution is 5.41. The van der Waals surface area contributed by atoms with E-state index in [1.807, 2.05) is 25.1 Å². The van der Waals surface area contributed by atoms with Crippen LogP contribution in [0, 0.1) is 0 Å². The number of likely N-dealkylation sites (tertiary alicyclic amines) is 1. The second kappa shape index (κ2) is 8.80. The average Bonchev–Trinajstić information content (AvgIpc) is 3.36. The summed E-state index contributed by atoms with van der Waals surface area (Å²) in [5.74, 6) is 1.25. The van der Waals surface area contributed by atoms with Gasteiger partial charge in [-0.25, -0.2) is 9.50 Å². The third-order valence-electron chi connectivity index (χ3n) is 5.48. The molecular weight excluding hydrogens is 368 g/mol. The Morgan fingerprint density at radius 2 is 2.03 bits per heavy atom. The molecule has 0 aliphatic carbocycles. The van der Waals surface area contributed by atoms with E-state index in [1.54, 1.807) is 17.7 Å². The van der Waals surface area contributed by atoms with Crippen molar-refractivity contribution in [1.82, 2.24) is 19.5 Å². The predicted molar refractivity (Wildman–Crippen MR) is 112 cm³/mol. The van der Waals surface area contributed by atoms with Crippen LogP contribution in [0.2, 0.25) is 0 Å². The van der Waals surface area contributed by atoms with Gasteiger partial charge in [-0.1, -0.05) is 19.1 Å². The molecular formula is C22H28N4O3. The van der Waals surface area contributed by atoms with Crippen LogP contribution in [0.25, 0.3) is 5.65 Å². The summed E-state index contributed by atoms with van der Waals surface area (Å²) in [6.45, 7) is 6.08. The van der Waals surface area contributed by atoms with E-state index < -0.39 is 0 Å². The van der Waals surface area contributed by atoms with Crippen molar-refractivity contribution in [3.63, 3.8) is 0 Å². The van der Waals surface area contributed by atoms with Crippen molar-refractivity contribution in [3.05, 3.63) is 63.7 Å². The van der Waals surface area contributed by atoms with Crippen molar-refractivity contribution in [2.75, 3.05) is 33.4 Å². The molecule has 1 atom stereocenters. The van der Waals surface area contributed by atoms with Gasteiger partial charge < -0.3 is 9.47 Å². The summed E-state index contributed by atoms with van der Waals surface area (Å²) in [7, 11) is 1.67. The number of benzene rings is 1. The summed E-state index contributed by atoms with van der Waals surface area (Å²) >= 11 is 0. The zero-order chi connectivity index (χ0) is 20.2. The number of nitrogens with zero attached hydrogens (tertiary/aromatic N) is 3. The molecule has 154 valence electrons. The average molecular weight is 396 g/mol. The molecule has 1 saturated heterocycles. The maximum absolute atomic E-state index is 12.3. The van der Waals surface area contributed by atoms with E-state index in [0.717, 1.165) is 49.6 Å². The number of hydrogen-bond acceptors (Lipinski definition) is 5. The zero-order valence-corrected chi connectivity index (χ0v) is 17.1. The first-order valence-electron chi connectivity index (χ1n) is 10.2. The van der Waals surface area contributed by atoms with E-state index in [4.69, 9.17) is 9.47 Å². The molecule has 3 aromatic rings. The van der Waals surface area contributed by atoms with Gasteiger partial charge in [-0.15, -0.1) is 0 Å². The summed E-state index contributed by atoms with van der Waals surface area (Å²) in [4.78, 5) is 19.3. The Balaban J connectivity index is 1.38. The van der Waals surface area contributed by atoms with Crippen molar-refractivity contribution < 1.29 is 9.47 Å². The fourth-order valence-corrected chi connectivity index (χ4v) is 3.87. The van der Waals surface area contributed by atoms with Gasteiger partial charge in [0.25, 0.3) is 5.56 Å². The van der Waals surface area contributed by atoms with Crippen LogP contribution < -0.4 is 10.3 Å². The number of aromatic nitrogens is 3. The first-order chi connectivity index (χ1) is 14.2. The topological polar surface area (TPSA) is 71.9 Å². The number of ether oxygens (including phenoxy) is 2. The summed E-state index contributed by atoms with van der Waals surface area (Å²) in [5.41, 5.74) is 3.87. The number of nitrogens with one attached hydrogen (secondary N) is 1. The van der Waals surface area contributed by atoms with Crippen molar-refractivity contribution in [2.24, 2.45) is 0 Å². The van der Waals surface area contributed by atoms with Crippen molar-refractivity contribution in [3.8, 4) is 5.75 Å². The molecule has 0 saturated carbocycles. The molecule has 0 radical (unpaired) electrons. The molecule has 0 amide bonds. The Kier molecular flexibility index (Phi) is 5.97. The normalized spacial score (nSPS) is 17.2. The predicted octanol–water partition coefficient (Wildman–Crippen LogP) is 2.60. The highest BCUT2D eigenvalue weighted by atomic mass is 16.5. The number of methoxy groups -OCH3 is 1. The van der Waals surface area contributed by atoms with Crippen molar-refractivity contribution >= 4 is 5.65 Å². The Morgan fingerprint density at radius 3 is 2.79 bits per heavy atom. The third kappa shape index (κ3) is 4.52. The van der Waals surface area contributed by atoms with Gasteiger partial charge in [-0.3, -0.25) is 14.8 Å². The third-order valence-corrected chi connectivity index (χ3v) is 5.48. The summed E-state index contributed by atoms with van der Waals surface area (Å²) in [6, 6.07) is 11.9. The highest BCUT2D eigenvalue weighted by Gasteiger charge is 2.25. The van der Waals surface area contributed by atoms with Gasteiger partial charge in [0.05, 0.1) is 6.61 Å². The molecule has 7 heteroatoms. The standard InChI is InChI=1S/C22H28N4O3/c1-3-18-12-22(27)26-21(23-18)13-20(24-26)17-8-9-25(15-17)14-16-4-6-19(7-5-16)29-11-10-28-2/h4-7,12-13,17,24H,3,8-11,14-15H2,1-2H3/t17-/m1/s1. The van der Waals surface area contributed by atoms with Gasteiger partial charge in [-0.05, 0) is 37.1 Å². The molecule has 2 aromatic heterocycles. The van der Waals surface area contributed by atoms with Crippen LogP contribution in [-0.4, -0.2) is 52.9 Å². The fraction of sp³-hybridized carbons (Fsp3) is 0.455. The Hall–Kier alpha value is -2.64. The molecule has 0 spiro atoms. The van der Waals surface area contributed by atoms with Crippen LogP contribution in [-0.2, 0) is 17.7 Å². The Labute approximate surface area is 170 Å². The maximum Gasteiger partial charge on any atom is 0.272 e. The van der Waals surface area contributed by atoms with E-state index >= 15 is 0 Å². The van der Waals surface area contributed by atoms with Crippen LogP contribution in [0.3, 0.4) is 0 Å². The molecule has 0 bridgehead atoms. The van der Waals surface area contributed by atoms with Crippen molar-refractivity contribution in [2.45, 2.75) is 32.2 Å². The largest absolute Gasteiger partial charge is 0.491 e. The number of aromatic amines is 1. The van der Waals surface area contributed by atoms with Gasteiger partial charge in [0.15, 0.2) is 5.65 Å². The van der Waals surface area contributed by atoms with E-state index in [-0.39, 0.29) is 5.56 Å². The molecule has 29 heavy (non-hydrogen) atoms. The van der Waals surface area contributed by atoms with Gasteiger partial charge in [-0.2, -0.15) is 0 Å². The van der Waals surface area contributed by atoms with E-state index in [0.29, 0.717) is 24.8 Å². The summed E-state index contributed by atoms with van der Waals surface area (Å²) < 4.78 is 12.2. The van der Waals surface area contributed by atoms with E-state index in [1.165, 1.54) is 5.56 Å². The lowest BCUT2D eigenvalue weighted by Crippen LogP contribution is -2.20. The van der Waals surface area contributed by atoms with Gasteiger partial charge in [0.2, 0.25) is 0 Å². The van der Waals surface area contributed by atoms with E-state index in [9.17, 15) is 4.79 Å². The monoisotopic (exact) mass is 396 g/mol. The first kappa shape index (κ1) is 19.7. The van der Waals surface area contributed by atoms with Gasteiger partial charge in [0.1, 0.15) is 12.4 Å². The molecule has 0 unspecified atom stereocenters. The molecule has 1 aromatic carbocycles. The van der Waals surface area contributed by atoms with Crippen LogP contribution in [0.5, 0.6) is 5.75 Å². The number of hydrogen-bond donors (Lipinski definition) is 1. The van der Waals surface area contributed by atoms with Crippen molar-refractivity contribution in [1.29, 1.82) is 0 Å². The van der Waals surface area contributed by atoms with E-state index in [2.05, 4.69) is 27.1 Å². The van der Waals surface area contributed by atoms with Crippen LogP contribution in [0.15, 0.2) is 41.2 Å². The highest BCUT2D eigenvalue weighted by Crippen LogP contribution is 2.28. The molecule has 1 fully saturated rings. The van der Waals surface area contributed by atoms with Crippen LogP contribution in [0.1, 0.15) is 36.2 Å². The molecule has 4 rings (SSSR count). The number of H-pyrrole nitrogens is 1. The molecule has 7 nitrogen and oxygen atoms in total. The fourth-order valence-electron chi connectivity index (χ4n) is 3.87. The quantitative estimate of drug-likeness (QED) is 0.593. The van der Waals surface area contributed by atoms with Gasteiger partial charge >= 0.3 is 0 Å². The molecule has 3 heterocycles. The first-order valence-corrected chi connectivity index (χ1v) is 10.2. The molecule has 1 aliphatic rings. The number of rotatable bonds is 8. The minimum atomic E-state index is -0.0410. The maximum atomic E-state index is 12.3. The number of aryl methyl sites for hydroxylation is 1.